The van der Waals surface area contributed by atoms with Gasteiger partial charge in [-0.15, -0.1) is 10.2 Å². The van der Waals surface area contributed by atoms with Crippen molar-refractivity contribution in [2.75, 3.05) is 13.1 Å². The molecule has 4 heterocycles. The zero-order chi connectivity index (χ0) is 16.8. The Morgan fingerprint density at radius 2 is 1.96 bits per heavy atom. The summed E-state index contributed by atoms with van der Waals surface area (Å²) in [6.07, 6.45) is 6.65. The van der Waals surface area contributed by atoms with Crippen LogP contribution in [0.3, 0.4) is 0 Å². The summed E-state index contributed by atoms with van der Waals surface area (Å²) in [6, 6.07) is 1.82. The monoisotopic (exact) mass is 340 g/mol. The Kier molecular flexibility index (Phi) is 3.69. The molecule has 1 fully saturated rings. The average Bonchev–Trinajstić information content (AvgIpc) is 3.18. The molecule has 0 N–H and O–H groups in total. The Morgan fingerprint density at radius 3 is 2.88 bits per heavy atom. The van der Waals surface area contributed by atoms with Crippen LogP contribution in [0.4, 0.5) is 0 Å². The van der Waals surface area contributed by atoms with Crippen molar-refractivity contribution < 1.29 is 0 Å². The first-order valence-corrected chi connectivity index (χ1v) is 9.49. The van der Waals surface area contributed by atoms with Gasteiger partial charge in [-0.3, -0.25) is 9.69 Å². The molecule has 0 aromatic carbocycles. The first-order valence-electron chi connectivity index (χ1n) is 9.49. The number of nitrogens with zero attached hydrogens (tertiary/aromatic N) is 6. The molecule has 0 bridgehead atoms. The lowest BCUT2D eigenvalue weighted by atomic mass is 9.96. The van der Waals surface area contributed by atoms with Gasteiger partial charge in [0.05, 0.1) is 18.8 Å². The second kappa shape index (κ2) is 6.05. The highest BCUT2D eigenvalue weighted by atomic mass is 16.1. The fraction of sp³-hybridized carbons (Fsp3) is 0.667. The lowest BCUT2D eigenvalue weighted by Gasteiger charge is -2.38. The van der Waals surface area contributed by atoms with Crippen LogP contribution in [0.2, 0.25) is 0 Å². The fourth-order valence-electron chi connectivity index (χ4n) is 4.43. The summed E-state index contributed by atoms with van der Waals surface area (Å²) in [4.78, 5) is 14.7. The Labute approximate surface area is 146 Å². The molecule has 5 rings (SSSR count). The van der Waals surface area contributed by atoms with Crippen LogP contribution in [-0.2, 0) is 38.9 Å². The maximum absolute atomic E-state index is 12.3. The molecule has 132 valence electrons. The smallest absolute Gasteiger partial charge is 0.267 e. The number of likely N-dealkylation sites (tertiary alicyclic amines) is 1. The fourth-order valence-corrected chi connectivity index (χ4v) is 4.43. The topological polar surface area (TPSA) is 68.8 Å². The normalized spacial score (nSPS) is 20.3. The van der Waals surface area contributed by atoms with Gasteiger partial charge in [0.15, 0.2) is 0 Å². The van der Waals surface area contributed by atoms with E-state index in [1.54, 1.807) is 4.68 Å². The minimum atomic E-state index is 0.0642. The van der Waals surface area contributed by atoms with Crippen LogP contribution in [0.25, 0.3) is 0 Å². The molecular formula is C18H24N6O. The van der Waals surface area contributed by atoms with E-state index in [4.69, 9.17) is 0 Å². The third kappa shape index (κ3) is 2.80. The highest BCUT2D eigenvalue weighted by molar-refractivity contribution is 5.20. The number of fused-ring (bicyclic) bond motifs is 2. The molecule has 7 heteroatoms. The molecule has 0 saturated carbocycles. The third-order valence-corrected chi connectivity index (χ3v) is 5.79. The molecule has 3 aliphatic rings. The van der Waals surface area contributed by atoms with E-state index in [0.717, 1.165) is 69.3 Å². The molecule has 2 aliphatic heterocycles. The predicted octanol–water partition coefficient (Wildman–Crippen LogP) is 0.792. The third-order valence-electron chi connectivity index (χ3n) is 5.79. The van der Waals surface area contributed by atoms with Crippen molar-refractivity contribution in [2.24, 2.45) is 5.92 Å². The van der Waals surface area contributed by atoms with Gasteiger partial charge in [-0.05, 0) is 37.7 Å². The summed E-state index contributed by atoms with van der Waals surface area (Å²) >= 11 is 0. The number of hydrogen-bond acceptors (Lipinski definition) is 5. The van der Waals surface area contributed by atoms with Gasteiger partial charge in [-0.1, -0.05) is 0 Å². The van der Waals surface area contributed by atoms with E-state index in [2.05, 4.69) is 24.8 Å². The summed E-state index contributed by atoms with van der Waals surface area (Å²) in [5.74, 6) is 2.74. The van der Waals surface area contributed by atoms with Crippen molar-refractivity contribution in [3.05, 3.63) is 39.3 Å². The first-order chi connectivity index (χ1) is 12.3. The van der Waals surface area contributed by atoms with Crippen LogP contribution in [0, 0.1) is 5.92 Å². The number of hydrogen-bond donors (Lipinski definition) is 0. The zero-order valence-electron chi connectivity index (χ0n) is 14.5. The van der Waals surface area contributed by atoms with E-state index in [1.165, 1.54) is 24.8 Å². The predicted molar refractivity (Wildman–Crippen MR) is 92.2 cm³/mol. The van der Waals surface area contributed by atoms with Crippen LogP contribution in [0.15, 0.2) is 10.9 Å². The minimum Gasteiger partial charge on any atom is -0.314 e. The minimum absolute atomic E-state index is 0.0642. The number of rotatable bonds is 4. The van der Waals surface area contributed by atoms with Crippen LogP contribution in [0.1, 0.15) is 42.2 Å². The highest BCUT2D eigenvalue weighted by Crippen LogP contribution is 2.22. The van der Waals surface area contributed by atoms with Gasteiger partial charge < -0.3 is 4.57 Å². The van der Waals surface area contributed by atoms with Crippen molar-refractivity contribution in [2.45, 2.75) is 58.2 Å². The molecule has 0 atom stereocenters. The summed E-state index contributed by atoms with van der Waals surface area (Å²) < 4.78 is 3.96. The second-order valence-electron chi connectivity index (χ2n) is 7.69. The van der Waals surface area contributed by atoms with Crippen molar-refractivity contribution in [3.63, 3.8) is 0 Å². The standard InChI is InChI=1S/C18H24N6O/c25-18-8-14-4-1-2-5-15(14)21-24(18)11-13-9-22(10-13)12-17-20-19-16-6-3-7-23(16)17/h8,13H,1-7,9-12H2. The van der Waals surface area contributed by atoms with Crippen molar-refractivity contribution in [3.8, 4) is 0 Å². The Morgan fingerprint density at radius 1 is 1.08 bits per heavy atom. The maximum Gasteiger partial charge on any atom is 0.267 e. The van der Waals surface area contributed by atoms with Gasteiger partial charge in [0, 0.05) is 38.0 Å². The zero-order valence-corrected chi connectivity index (χ0v) is 14.5. The highest BCUT2D eigenvalue weighted by Gasteiger charge is 2.30. The van der Waals surface area contributed by atoms with Gasteiger partial charge in [0.2, 0.25) is 0 Å². The van der Waals surface area contributed by atoms with Gasteiger partial charge in [0.1, 0.15) is 11.6 Å². The second-order valence-corrected chi connectivity index (χ2v) is 7.69. The van der Waals surface area contributed by atoms with E-state index in [0.29, 0.717) is 5.92 Å². The van der Waals surface area contributed by atoms with E-state index in [-0.39, 0.29) is 5.56 Å². The number of aryl methyl sites for hydroxylation is 3. The van der Waals surface area contributed by atoms with Crippen LogP contribution in [-0.4, -0.2) is 42.5 Å². The lowest BCUT2D eigenvalue weighted by Crippen LogP contribution is -2.49. The molecule has 0 unspecified atom stereocenters. The van der Waals surface area contributed by atoms with Crippen LogP contribution >= 0.6 is 0 Å². The largest absolute Gasteiger partial charge is 0.314 e. The van der Waals surface area contributed by atoms with Gasteiger partial charge in [0.25, 0.3) is 5.56 Å². The summed E-state index contributed by atoms with van der Waals surface area (Å²) in [5.41, 5.74) is 2.37. The van der Waals surface area contributed by atoms with E-state index in [1.807, 2.05) is 6.07 Å². The van der Waals surface area contributed by atoms with Gasteiger partial charge in [-0.25, -0.2) is 4.68 Å². The molecule has 0 amide bonds. The summed E-state index contributed by atoms with van der Waals surface area (Å²) in [5, 5.41) is 13.3. The van der Waals surface area contributed by atoms with E-state index >= 15 is 0 Å². The molecule has 2 aromatic heterocycles. The van der Waals surface area contributed by atoms with Crippen molar-refractivity contribution in [1.29, 1.82) is 0 Å². The van der Waals surface area contributed by atoms with Gasteiger partial charge in [-0.2, -0.15) is 5.10 Å². The maximum atomic E-state index is 12.3. The van der Waals surface area contributed by atoms with Crippen LogP contribution in [0.5, 0.6) is 0 Å². The van der Waals surface area contributed by atoms with E-state index in [9.17, 15) is 4.79 Å². The molecule has 1 saturated heterocycles. The average molecular weight is 340 g/mol. The Bertz CT molecular complexity index is 848. The van der Waals surface area contributed by atoms with Gasteiger partial charge >= 0.3 is 0 Å². The van der Waals surface area contributed by atoms with Crippen molar-refractivity contribution >= 4 is 0 Å². The molecule has 1 aliphatic carbocycles. The van der Waals surface area contributed by atoms with Crippen molar-refractivity contribution in [1.82, 2.24) is 29.4 Å². The quantitative estimate of drug-likeness (QED) is 0.823. The molecular weight excluding hydrogens is 316 g/mol. The van der Waals surface area contributed by atoms with E-state index < -0.39 is 0 Å². The first kappa shape index (κ1) is 15.3. The Balaban J connectivity index is 1.21. The number of aromatic nitrogens is 5. The van der Waals surface area contributed by atoms with Crippen LogP contribution < -0.4 is 5.56 Å². The summed E-state index contributed by atoms with van der Waals surface area (Å²) in [7, 11) is 0. The lowest BCUT2D eigenvalue weighted by molar-refractivity contribution is 0.0726. The molecule has 25 heavy (non-hydrogen) atoms. The SMILES string of the molecule is O=c1cc2c(nn1CC1CN(Cc3nnc4n3CCC4)C1)CCCC2. The molecule has 0 spiro atoms. The Hall–Kier alpha value is -2.02. The molecule has 2 aromatic rings. The summed E-state index contributed by atoms with van der Waals surface area (Å²) in [6.45, 7) is 4.68. The molecule has 7 nitrogen and oxygen atoms in total. The molecule has 0 radical (unpaired) electrons.